The minimum Gasteiger partial charge on any atom is -0.384 e. The zero-order chi connectivity index (χ0) is 10.4. The van der Waals surface area contributed by atoms with Crippen LogP contribution in [-0.4, -0.2) is 10.1 Å². The van der Waals surface area contributed by atoms with E-state index in [-0.39, 0.29) is 0 Å². The van der Waals surface area contributed by atoms with Crippen LogP contribution in [0, 0.1) is 0 Å². The summed E-state index contributed by atoms with van der Waals surface area (Å²) < 4.78 is 0. The van der Waals surface area contributed by atoms with Gasteiger partial charge in [-0.1, -0.05) is 32.8 Å². The maximum Gasteiger partial charge on any atom is 0.106 e. The second-order valence-corrected chi connectivity index (χ2v) is 3.70. The number of aromatic nitrogens is 1. The van der Waals surface area contributed by atoms with Crippen LogP contribution in [0.1, 0.15) is 45.2 Å². The largest absolute Gasteiger partial charge is 0.384 e. The van der Waals surface area contributed by atoms with Crippen LogP contribution in [0.4, 0.5) is 0 Å². The molecule has 14 heavy (non-hydrogen) atoms. The first-order valence-corrected chi connectivity index (χ1v) is 5.37. The molecule has 0 fully saturated rings. The molecule has 0 saturated heterocycles. The third kappa shape index (κ3) is 2.55. The first kappa shape index (κ1) is 11.2. The van der Waals surface area contributed by atoms with Gasteiger partial charge in [0.15, 0.2) is 0 Å². The number of hydrogen-bond acceptors (Lipinski definition) is 2. The smallest absolute Gasteiger partial charge is 0.106 e. The molecule has 1 unspecified atom stereocenters. The Kier molecular flexibility index (Phi) is 4.08. The average Bonchev–Trinajstić information content (AvgIpc) is 2.27. The summed E-state index contributed by atoms with van der Waals surface area (Å²) in [5.74, 6) is 0. The topological polar surface area (TPSA) is 33.1 Å². The van der Waals surface area contributed by atoms with Gasteiger partial charge in [-0.2, -0.15) is 0 Å². The van der Waals surface area contributed by atoms with Gasteiger partial charge < -0.3 is 5.11 Å². The van der Waals surface area contributed by atoms with E-state index in [1.807, 2.05) is 25.1 Å². The van der Waals surface area contributed by atoms with E-state index in [2.05, 4.69) is 11.9 Å². The minimum absolute atomic E-state index is 0.725. The van der Waals surface area contributed by atoms with E-state index in [0.717, 1.165) is 31.4 Å². The first-order valence-electron chi connectivity index (χ1n) is 5.37. The van der Waals surface area contributed by atoms with Gasteiger partial charge in [0.05, 0.1) is 5.69 Å². The minimum atomic E-state index is -0.725. The molecule has 1 aromatic rings. The Morgan fingerprint density at radius 1 is 1.36 bits per heavy atom. The summed E-state index contributed by atoms with van der Waals surface area (Å²) in [4.78, 5) is 4.22. The number of aliphatic hydroxyl groups is 1. The second kappa shape index (κ2) is 5.11. The van der Waals surface area contributed by atoms with Crippen LogP contribution < -0.4 is 0 Å². The third-order valence-electron chi connectivity index (χ3n) is 2.67. The van der Waals surface area contributed by atoms with Gasteiger partial charge in [0.2, 0.25) is 0 Å². The van der Waals surface area contributed by atoms with Crippen molar-refractivity contribution in [3.05, 3.63) is 30.1 Å². The van der Waals surface area contributed by atoms with Gasteiger partial charge in [-0.25, -0.2) is 0 Å². The third-order valence-corrected chi connectivity index (χ3v) is 2.67. The van der Waals surface area contributed by atoms with E-state index < -0.39 is 5.60 Å². The predicted molar refractivity (Wildman–Crippen MR) is 57.9 cm³/mol. The Labute approximate surface area is 86.0 Å². The lowest BCUT2D eigenvalue weighted by Crippen LogP contribution is -2.25. The zero-order valence-electron chi connectivity index (χ0n) is 9.03. The highest BCUT2D eigenvalue weighted by Crippen LogP contribution is 2.28. The fourth-order valence-corrected chi connectivity index (χ4v) is 1.59. The van der Waals surface area contributed by atoms with Crippen molar-refractivity contribution >= 4 is 0 Å². The molecule has 0 aliphatic heterocycles. The second-order valence-electron chi connectivity index (χ2n) is 3.70. The van der Waals surface area contributed by atoms with Gasteiger partial charge in [0.1, 0.15) is 5.60 Å². The summed E-state index contributed by atoms with van der Waals surface area (Å²) in [6, 6.07) is 5.70. The Morgan fingerprint density at radius 2 is 2.14 bits per heavy atom. The van der Waals surface area contributed by atoms with Crippen LogP contribution in [-0.2, 0) is 5.60 Å². The van der Waals surface area contributed by atoms with Crippen LogP contribution >= 0.6 is 0 Å². The molecule has 1 rings (SSSR count). The molecule has 2 heteroatoms. The number of pyridine rings is 1. The quantitative estimate of drug-likeness (QED) is 0.780. The highest BCUT2D eigenvalue weighted by atomic mass is 16.3. The summed E-state index contributed by atoms with van der Waals surface area (Å²) in [7, 11) is 0. The summed E-state index contributed by atoms with van der Waals surface area (Å²) in [5.41, 5.74) is 0.0769. The standard InChI is InChI=1S/C12H19NO/c1-3-5-9-12(14,4-2)11-8-6-7-10-13-11/h6-8,10,14H,3-5,9H2,1-2H3. The number of hydrogen-bond donors (Lipinski definition) is 1. The molecular formula is C12H19NO. The lowest BCUT2D eigenvalue weighted by atomic mass is 9.90. The van der Waals surface area contributed by atoms with Crippen molar-refractivity contribution in [1.82, 2.24) is 4.98 Å². The van der Waals surface area contributed by atoms with Crippen molar-refractivity contribution in [1.29, 1.82) is 0 Å². The molecule has 0 aromatic carbocycles. The van der Waals surface area contributed by atoms with Crippen LogP contribution in [0.25, 0.3) is 0 Å². The van der Waals surface area contributed by atoms with Gasteiger partial charge >= 0.3 is 0 Å². The molecule has 0 aliphatic carbocycles. The molecule has 0 radical (unpaired) electrons. The Morgan fingerprint density at radius 3 is 2.64 bits per heavy atom. The first-order chi connectivity index (χ1) is 6.73. The number of unbranched alkanes of at least 4 members (excludes halogenated alkanes) is 1. The van der Waals surface area contributed by atoms with Crippen LogP contribution in [0.15, 0.2) is 24.4 Å². The Bertz CT molecular complexity index is 260. The van der Waals surface area contributed by atoms with E-state index in [1.165, 1.54) is 0 Å². The van der Waals surface area contributed by atoms with Crippen LogP contribution in [0.2, 0.25) is 0 Å². The molecule has 2 nitrogen and oxygen atoms in total. The number of nitrogens with zero attached hydrogens (tertiary/aromatic N) is 1. The Hall–Kier alpha value is -0.890. The molecule has 1 heterocycles. The maximum atomic E-state index is 10.4. The lowest BCUT2D eigenvalue weighted by molar-refractivity contribution is 0.0169. The van der Waals surface area contributed by atoms with E-state index >= 15 is 0 Å². The van der Waals surface area contributed by atoms with Crippen molar-refractivity contribution in [3.8, 4) is 0 Å². The van der Waals surface area contributed by atoms with Gasteiger partial charge in [-0.3, -0.25) is 4.98 Å². The van der Waals surface area contributed by atoms with Gasteiger partial charge in [-0.15, -0.1) is 0 Å². The van der Waals surface area contributed by atoms with Crippen molar-refractivity contribution in [3.63, 3.8) is 0 Å². The molecule has 0 bridgehead atoms. The van der Waals surface area contributed by atoms with E-state index in [1.54, 1.807) is 6.20 Å². The monoisotopic (exact) mass is 193 g/mol. The normalized spacial score (nSPS) is 15.1. The van der Waals surface area contributed by atoms with Crippen LogP contribution in [0.3, 0.4) is 0 Å². The molecule has 78 valence electrons. The van der Waals surface area contributed by atoms with Crippen LogP contribution in [0.5, 0.6) is 0 Å². The molecule has 0 amide bonds. The summed E-state index contributed by atoms with van der Waals surface area (Å²) in [6.07, 6.45) is 5.42. The van der Waals surface area contributed by atoms with Crippen molar-refractivity contribution in [2.45, 2.75) is 45.1 Å². The van der Waals surface area contributed by atoms with Gasteiger partial charge in [-0.05, 0) is 25.0 Å². The fourth-order valence-electron chi connectivity index (χ4n) is 1.59. The summed E-state index contributed by atoms with van der Waals surface area (Å²) in [5, 5.41) is 10.4. The molecular weight excluding hydrogens is 174 g/mol. The maximum absolute atomic E-state index is 10.4. The number of rotatable bonds is 5. The SMILES string of the molecule is CCCCC(O)(CC)c1ccccn1. The van der Waals surface area contributed by atoms with Crippen molar-refractivity contribution in [2.24, 2.45) is 0 Å². The average molecular weight is 193 g/mol. The van der Waals surface area contributed by atoms with Crippen molar-refractivity contribution in [2.75, 3.05) is 0 Å². The van der Waals surface area contributed by atoms with E-state index in [4.69, 9.17) is 0 Å². The molecule has 0 saturated carbocycles. The van der Waals surface area contributed by atoms with Gasteiger partial charge in [0.25, 0.3) is 0 Å². The highest BCUT2D eigenvalue weighted by molar-refractivity contribution is 5.12. The van der Waals surface area contributed by atoms with Crippen molar-refractivity contribution < 1.29 is 5.11 Å². The van der Waals surface area contributed by atoms with Gasteiger partial charge in [0, 0.05) is 6.20 Å². The summed E-state index contributed by atoms with van der Waals surface area (Å²) >= 11 is 0. The zero-order valence-corrected chi connectivity index (χ0v) is 9.03. The predicted octanol–water partition coefficient (Wildman–Crippen LogP) is 2.87. The molecule has 1 aromatic heterocycles. The Balaban J connectivity index is 2.79. The summed E-state index contributed by atoms with van der Waals surface area (Å²) in [6.45, 7) is 4.14. The molecule has 0 spiro atoms. The molecule has 1 atom stereocenters. The fraction of sp³-hybridized carbons (Fsp3) is 0.583. The highest BCUT2D eigenvalue weighted by Gasteiger charge is 2.27. The molecule has 1 N–H and O–H groups in total. The molecule has 0 aliphatic rings. The van der Waals surface area contributed by atoms with E-state index in [9.17, 15) is 5.11 Å². The lowest BCUT2D eigenvalue weighted by Gasteiger charge is -2.25. The van der Waals surface area contributed by atoms with E-state index in [0.29, 0.717) is 0 Å².